The number of hydrogen-bond acceptors (Lipinski definition) is 6. The van der Waals surface area contributed by atoms with E-state index in [-0.39, 0.29) is 11.3 Å². The molecule has 30 heavy (non-hydrogen) atoms. The normalized spacial score (nSPS) is 14.0. The molecule has 0 atom stereocenters. The van der Waals surface area contributed by atoms with E-state index in [9.17, 15) is 9.90 Å². The number of aromatic hydroxyl groups is 1. The van der Waals surface area contributed by atoms with Crippen LogP contribution in [0.4, 0.5) is 5.69 Å². The Morgan fingerprint density at radius 3 is 2.60 bits per heavy atom. The number of phenols is 1. The molecule has 2 aromatic carbocycles. The third kappa shape index (κ3) is 4.11. The molecule has 0 bridgehead atoms. The summed E-state index contributed by atoms with van der Waals surface area (Å²) in [5.74, 6) is 0.522. The Kier molecular flexibility index (Phi) is 5.63. The maximum Gasteiger partial charge on any atom is 0.258 e. The number of hydrogen-bond donors (Lipinski definition) is 2. The number of aryl methyl sites for hydroxylation is 1. The summed E-state index contributed by atoms with van der Waals surface area (Å²) >= 11 is 5.62. The second-order valence-electron chi connectivity index (χ2n) is 7.21. The van der Waals surface area contributed by atoms with Crippen molar-refractivity contribution in [3.63, 3.8) is 0 Å². The lowest BCUT2D eigenvalue weighted by atomic mass is 10.2. The molecule has 0 spiro atoms. The van der Waals surface area contributed by atoms with Gasteiger partial charge in [0.2, 0.25) is 0 Å². The van der Waals surface area contributed by atoms with Crippen LogP contribution in [-0.4, -0.2) is 51.1 Å². The van der Waals surface area contributed by atoms with Gasteiger partial charge >= 0.3 is 0 Å². The average Bonchev–Trinajstić information content (AvgIpc) is 2.78. The number of anilines is 1. The van der Waals surface area contributed by atoms with E-state index in [0.717, 1.165) is 36.9 Å². The number of rotatable bonds is 4. The van der Waals surface area contributed by atoms with E-state index in [0.29, 0.717) is 35.1 Å². The van der Waals surface area contributed by atoms with Crippen LogP contribution in [-0.2, 0) is 6.42 Å². The first-order chi connectivity index (χ1) is 14.5. The van der Waals surface area contributed by atoms with Crippen LogP contribution in [0.1, 0.15) is 17.8 Å². The van der Waals surface area contributed by atoms with Crippen LogP contribution >= 0.6 is 12.2 Å². The smallest absolute Gasteiger partial charge is 0.258 e. The van der Waals surface area contributed by atoms with Crippen molar-refractivity contribution in [1.82, 2.24) is 14.9 Å². The van der Waals surface area contributed by atoms with Gasteiger partial charge in [0.25, 0.3) is 5.56 Å². The van der Waals surface area contributed by atoms with E-state index in [1.165, 1.54) is 6.07 Å². The fourth-order valence-corrected chi connectivity index (χ4v) is 3.94. The van der Waals surface area contributed by atoms with Crippen molar-refractivity contribution in [2.24, 2.45) is 0 Å². The van der Waals surface area contributed by atoms with Crippen molar-refractivity contribution in [3.8, 4) is 11.8 Å². The molecule has 2 N–H and O–H groups in total. The number of nitriles is 1. The zero-order chi connectivity index (χ0) is 21.1. The monoisotopic (exact) mass is 419 g/mol. The Hall–Kier alpha value is -3.44. The summed E-state index contributed by atoms with van der Waals surface area (Å²) in [5, 5.41) is 19.3. The van der Waals surface area contributed by atoms with E-state index < -0.39 is 0 Å². The predicted octanol–water partition coefficient (Wildman–Crippen LogP) is 2.58. The number of fused-ring (bicyclic) bond motifs is 1. The lowest BCUT2D eigenvalue weighted by molar-refractivity contribution is 0.385. The summed E-state index contributed by atoms with van der Waals surface area (Å²) < 4.78 is 0. The second kappa shape index (κ2) is 8.51. The molecule has 1 aromatic heterocycles. The number of phenolic OH excluding ortho intramolecular Hbond substituents is 1. The summed E-state index contributed by atoms with van der Waals surface area (Å²) in [6, 6.07) is 14.6. The Balaban J connectivity index is 1.35. The molecule has 0 aliphatic carbocycles. The van der Waals surface area contributed by atoms with Crippen LogP contribution in [0.2, 0.25) is 0 Å². The maximum atomic E-state index is 12.2. The van der Waals surface area contributed by atoms with Crippen LogP contribution in [0.5, 0.6) is 5.75 Å². The Bertz CT molecular complexity index is 1170. The Labute approximate surface area is 179 Å². The standard InChI is InChI=1S/C22H21N5O2S/c23-14-15-4-6-16(7-5-15)26-10-12-27(13-11-26)20(30)9-8-19-24-21-17(22(29)25-19)2-1-3-18(21)28/h1-7,28H,8-13H2,(H,24,25,29). The number of nitrogens with zero attached hydrogens (tertiary/aromatic N) is 4. The molecule has 1 saturated heterocycles. The van der Waals surface area contributed by atoms with Crippen LogP contribution in [0.25, 0.3) is 10.9 Å². The highest BCUT2D eigenvalue weighted by Crippen LogP contribution is 2.20. The zero-order valence-electron chi connectivity index (χ0n) is 16.3. The minimum Gasteiger partial charge on any atom is -0.506 e. The summed E-state index contributed by atoms with van der Waals surface area (Å²) in [7, 11) is 0. The highest BCUT2D eigenvalue weighted by molar-refractivity contribution is 7.80. The molecule has 1 aliphatic rings. The summed E-state index contributed by atoms with van der Waals surface area (Å²) in [6.07, 6.45) is 1.11. The molecule has 0 unspecified atom stereocenters. The molecular formula is C22H21N5O2S. The number of para-hydroxylation sites is 1. The summed E-state index contributed by atoms with van der Waals surface area (Å²) in [5.41, 5.74) is 1.83. The molecule has 8 heteroatoms. The second-order valence-corrected chi connectivity index (χ2v) is 7.68. The fraction of sp³-hybridized carbons (Fsp3) is 0.273. The van der Waals surface area contributed by atoms with Gasteiger partial charge in [-0.15, -0.1) is 0 Å². The highest BCUT2D eigenvalue weighted by Gasteiger charge is 2.19. The molecule has 1 fully saturated rings. The fourth-order valence-electron chi connectivity index (χ4n) is 3.66. The number of benzene rings is 2. The lowest BCUT2D eigenvalue weighted by Crippen LogP contribution is -2.48. The Morgan fingerprint density at radius 1 is 1.17 bits per heavy atom. The van der Waals surface area contributed by atoms with Crippen molar-refractivity contribution in [1.29, 1.82) is 5.26 Å². The number of thiocarbonyl (C=S) groups is 1. The minimum absolute atomic E-state index is 0.00125. The van der Waals surface area contributed by atoms with Gasteiger partial charge in [-0.25, -0.2) is 4.98 Å². The minimum atomic E-state index is -0.257. The molecule has 2 heterocycles. The first-order valence-electron chi connectivity index (χ1n) is 9.79. The van der Waals surface area contributed by atoms with E-state index in [2.05, 4.69) is 25.8 Å². The van der Waals surface area contributed by atoms with Crippen LogP contribution in [0.15, 0.2) is 47.3 Å². The van der Waals surface area contributed by atoms with E-state index in [4.69, 9.17) is 17.5 Å². The van der Waals surface area contributed by atoms with Gasteiger partial charge in [0.15, 0.2) is 0 Å². The number of aromatic nitrogens is 2. The largest absolute Gasteiger partial charge is 0.506 e. The zero-order valence-corrected chi connectivity index (χ0v) is 17.2. The molecule has 0 amide bonds. The molecule has 0 saturated carbocycles. The van der Waals surface area contributed by atoms with Gasteiger partial charge in [-0.3, -0.25) is 4.79 Å². The molecule has 1 aliphatic heterocycles. The van der Waals surface area contributed by atoms with Crippen molar-refractivity contribution in [2.75, 3.05) is 31.1 Å². The van der Waals surface area contributed by atoms with E-state index >= 15 is 0 Å². The van der Waals surface area contributed by atoms with Crippen molar-refractivity contribution in [3.05, 3.63) is 64.2 Å². The van der Waals surface area contributed by atoms with Crippen LogP contribution in [0.3, 0.4) is 0 Å². The molecule has 7 nitrogen and oxygen atoms in total. The van der Waals surface area contributed by atoms with Gasteiger partial charge in [-0.1, -0.05) is 18.3 Å². The van der Waals surface area contributed by atoms with Crippen molar-refractivity contribution in [2.45, 2.75) is 12.8 Å². The van der Waals surface area contributed by atoms with Gasteiger partial charge in [0.05, 0.1) is 22.0 Å². The summed E-state index contributed by atoms with van der Waals surface area (Å²) in [6.45, 7) is 3.35. The SMILES string of the molecule is N#Cc1ccc(N2CCN(C(=S)CCc3nc4c(O)cccc4c(=O)[nH]3)CC2)cc1. The quantitative estimate of drug-likeness (QED) is 0.628. The first kappa shape index (κ1) is 19.9. The maximum absolute atomic E-state index is 12.2. The molecule has 152 valence electrons. The molecular weight excluding hydrogens is 398 g/mol. The third-order valence-corrected chi connectivity index (χ3v) is 5.80. The summed E-state index contributed by atoms with van der Waals surface area (Å²) in [4.78, 5) is 24.7. The van der Waals surface area contributed by atoms with E-state index in [1.807, 2.05) is 24.3 Å². The molecule has 3 aromatic rings. The first-order valence-corrected chi connectivity index (χ1v) is 10.2. The number of nitrogens with one attached hydrogen (secondary N) is 1. The van der Waals surface area contributed by atoms with E-state index in [1.54, 1.807) is 12.1 Å². The van der Waals surface area contributed by atoms with Crippen molar-refractivity contribution < 1.29 is 5.11 Å². The van der Waals surface area contributed by atoms with Gasteiger partial charge in [0.1, 0.15) is 17.1 Å². The van der Waals surface area contributed by atoms with Gasteiger partial charge in [0, 0.05) is 44.7 Å². The average molecular weight is 420 g/mol. The van der Waals surface area contributed by atoms with Gasteiger partial charge in [-0.2, -0.15) is 5.26 Å². The van der Waals surface area contributed by atoms with Crippen LogP contribution in [0, 0.1) is 11.3 Å². The Morgan fingerprint density at radius 2 is 1.90 bits per heavy atom. The third-order valence-electron chi connectivity index (χ3n) is 5.33. The van der Waals surface area contributed by atoms with Gasteiger partial charge < -0.3 is 19.9 Å². The van der Waals surface area contributed by atoms with Crippen molar-refractivity contribution >= 4 is 33.8 Å². The molecule has 4 rings (SSSR count). The van der Waals surface area contributed by atoms with Crippen LogP contribution < -0.4 is 10.5 Å². The lowest BCUT2D eigenvalue weighted by Gasteiger charge is -2.37. The topological polar surface area (TPSA) is 96.2 Å². The number of aromatic amines is 1. The highest BCUT2D eigenvalue weighted by atomic mass is 32.1. The predicted molar refractivity (Wildman–Crippen MR) is 120 cm³/mol. The number of H-pyrrole nitrogens is 1. The molecule has 0 radical (unpaired) electrons. The van der Waals surface area contributed by atoms with Gasteiger partial charge in [-0.05, 0) is 36.4 Å². The number of piperazine rings is 1.